The molecule has 0 saturated carbocycles. The molecular formula is C10H9FN4O. The van der Waals surface area contributed by atoms with Crippen LogP contribution >= 0.6 is 0 Å². The highest BCUT2D eigenvalue weighted by Gasteiger charge is 2.08. The molecule has 5 nitrogen and oxygen atoms in total. The number of nitrogens with zero attached hydrogens (tertiary/aromatic N) is 3. The van der Waals surface area contributed by atoms with Crippen molar-refractivity contribution in [3.63, 3.8) is 0 Å². The number of carbonyl (C=O) groups is 1. The number of rotatable bonds is 2. The second kappa shape index (κ2) is 4.09. The Labute approximate surface area is 90.9 Å². The van der Waals surface area contributed by atoms with Crippen molar-refractivity contribution in [2.45, 2.75) is 0 Å². The molecule has 2 aromatic rings. The van der Waals surface area contributed by atoms with Gasteiger partial charge in [-0.05, 0) is 18.2 Å². The molecule has 82 valence electrons. The van der Waals surface area contributed by atoms with E-state index in [0.717, 1.165) is 0 Å². The molecule has 0 saturated heterocycles. The van der Waals surface area contributed by atoms with Gasteiger partial charge < -0.3 is 5.32 Å². The molecular weight excluding hydrogens is 211 g/mol. The predicted molar refractivity (Wildman–Crippen MR) is 54.7 cm³/mol. The second-order valence-electron chi connectivity index (χ2n) is 3.04. The van der Waals surface area contributed by atoms with Gasteiger partial charge in [0.05, 0.1) is 0 Å². The number of hydrogen-bond acceptors (Lipinski definition) is 3. The number of pyridine rings is 1. The number of halogens is 1. The highest BCUT2D eigenvalue weighted by atomic mass is 19.1. The van der Waals surface area contributed by atoms with Crippen molar-refractivity contribution in [1.82, 2.24) is 20.1 Å². The predicted octanol–water partition coefficient (Wildman–Crippen LogP) is 0.766. The van der Waals surface area contributed by atoms with Gasteiger partial charge in [-0.3, -0.25) is 4.79 Å². The van der Waals surface area contributed by atoms with E-state index in [9.17, 15) is 9.18 Å². The Kier molecular flexibility index (Phi) is 2.63. The van der Waals surface area contributed by atoms with Crippen LogP contribution in [0, 0.1) is 5.95 Å². The standard InChI is InChI=1S/C10H9FN4O/c1-12-10(16)7-5-6-15(14-7)9-4-2-3-8(11)13-9/h2-6H,1H3,(H,12,16). The van der Waals surface area contributed by atoms with Crippen LogP contribution in [-0.2, 0) is 0 Å². The van der Waals surface area contributed by atoms with E-state index in [4.69, 9.17) is 0 Å². The minimum atomic E-state index is -0.588. The highest BCUT2D eigenvalue weighted by molar-refractivity contribution is 5.91. The van der Waals surface area contributed by atoms with Gasteiger partial charge in [0.25, 0.3) is 5.91 Å². The van der Waals surface area contributed by atoms with Crippen LogP contribution in [0.25, 0.3) is 5.82 Å². The first-order chi connectivity index (χ1) is 7.70. The molecule has 0 spiro atoms. The lowest BCUT2D eigenvalue weighted by atomic mass is 10.4. The molecule has 0 aromatic carbocycles. The average Bonchev–Trinajstić information content (AvgIpc) is 2.77. The number of aromatic nitrogens is 3. The van der Waals surface area contributed by atoms with Crippen molar-refractivity contribution in [3.05, 3.63) is 42.1 Å². The van der Waals surface area contributed by atoms with Crippen molar-refractivity contribution in [2.24, 2.45) is 0 Å². The van der Waals surface area contributed by atoms with E-state index in [1.165, 1.54) is 29.9 Å². The monoisotopic (exact) mass is 220 g/mol. The minimum absolute atomic E-state index is 0.258. The summed E-state index contributed by atoms with van der Waals surface area (Å²) >= 11 is 0. The van der Waals surface area contributed by atoms with E-state index in [0.29, 0.717) is 5.82 Å². The summed E-state index contributed by atoms with van der Waals surface area (Å²) in [6, 6.07) is 5.90. The van der Waals surface area contributed by atoms with Crippen LogP contribution in [0.5, 0.6) is 0 Å². The van der Waals surface area contributed by atoms with Crippen LogP contribution in [0.2, 0.25) is 0 Å². The maximum absolute atomic E-state index is 12.9. The quantitative estimate of drug-likeness (QED) is 0.760. The molecule has 0 radical (unpaired) electrons. The summed E-state index contributed by atoms with van der Waals surface area (Å²) in [5.74, 6) is -0.556. The van der Waals surface area contributed by atoms with Gasteiger partial charge in [0.2, 0.25) is 5.95 Å². The maximum Gasteiger partial charge on any atom is 0.271 e. The Hall–Kier alpha value is -2.24. The third kappa shape index (κ3) is 1.90. The van der Waals surface area contributed by atoms with Gasteiger partial charge in [-0.2, -0.15) is 9.49 Å². The van der Waals surface area contributed by atoms with E-state index in [2.05, 4.69) is 15.4 Å². The zero-order valence-corrected chi connectivity index (χ0v) is 8.51. The van der Waals surface area contributed by atoms with Gasteiger partial charge in [-0.1, -0.05) is 6.07 Å². The van der Waals surface area contributed by atoms with Crippen molar-refractivity contribution in [2.75, 3.05) is 7.05 Å². The molecule has 0 aliphatic heterocycles. The van der Waals surface area contributed by atoms with Crippen LogP contribution in [0.15, 0.2) is 30.5 Å². The largest absolute Gasteiger partial charge is 0.354 e. The van der Waals surface area contributed by atoms with E-state index in [1.807, 2.05) is 0 Å². The number of nitrogens with one attached hydrogen (secondary N) is 1. The third-order valence-corrected chi connectivity index (χ3v) is 1.98. The van der Waals surface area contributed by atoms with Gasteiger partial charge in [0, 0.05) is 13.2 Å². The fraction of sp³-hybridized carbons (Fsp3) is 0.100. The zero-order chi connectivity index (χ0) is 11.5. The van der Waals surface area contributed by atoms with E-state index in [-0.39, 0.29) is 11.6 Å². The zero-order valence-electron chi connectivity index (χ0n) is 8.51. The first kappa shape index (κ1) is 10.3. The van der Waals surface area contributed by atoms with Crippen molar-refractivity contribution >= 4 is 5.91 Å². The fourth-order valence-corrected chi connectivity index (χ4v) is 1.23. The van der Waals surface area contributed by atoms with Crippen LogP contribution in [0.1, 0.15) is 10.5 Å². The second-order valence-corrected chi connectivity index (χ2v) is 3.04. The van der Waals surface area contributed by atoms with Gasteiger partial charge >= 0.3 is 0 Å². The maximum atomic E-state index is 12.9. The molecule has 0 atom stereocenters. The summed E-state index contributed by atoms with van der Waals surface area (Å²) in [5, 5.41) is 6.42. The smallest absolute Gasteiger partial charge is 0.271 e. The number of amides is 1. The lowest BCUT2D eigenvalue weighted by molar-refractivity contribution is 0.0957. The molecule has 0 unspecified atom stereocenters. The highest BCUT2D eigenvalue weighted by Crippen LogP contribution is 2.05. The van der Waals surface area contributed by atoms with Crippen molar-refractivity contribution in [1.29, 1.82) is 0 Å². The molecule has 2 heterocycles. The molecule has 0 aliphatic carbocycles. The molecule has 16 heavy (non-hydrogen) atoms. The van der Waals surface area contributed by atoms with E-state index >= 15 is 0 Å². The van der Waals surface area contributed by atoms with Gasteiger partial charge in [0.1, 0.15) is 0 Å². The molecule has 0 aliphatic rings. The topological polar surface area (TPSA) is 59.8 Å². The molecule has 6 heteroatoms. The summed E-state index contributed by atoms with van der Waals surface area (Å²) in [6.07, 6.45) is 1.55. The third-order valence-electron chi connectivity index (χ3n) is 1.98. The number of hydrogen-bond donors (Lipinski definition) is 1. The van der Waals surface area contributed by atoms with Crippen LogP contribution in [0.3, 0.4) is 0 Å². The Bertz CT molecular complexity index is 523. The van der Waals surface area contributed by atoms with Gasteiger partial charge in [0.15, 0.2) is 11.5 Å². The first-order valence-electron chi connectivity index (χ1n) is 4.61. The minimum Gasteiger partial charge on any atom is -0.354 e. The molecule has 2 aromatic heterocycles. The summed E-state index contributed by atoms with van der Waals surface area (Å²) in [7, 11) is 1.52. The Morgan fingerprint density at radius 1 is 1.44 bits per heavy atom. The fourth-order valence-electron chi connectivity index (χ4n) is 1.23. The summed E-state index contributed by atoms with van der Waals surface area (Å²) in [5.41, 5.74) is 0.258. The Morgan fingerprint density at radius 3 is 2.94 bits per heavy atom. The van der Waals surface area contributed by atoms with Gasteiger partial charge in [-0.15, -0.1) is 0 Å². The molecule has 2 rings (SSSR count). The lowest BCUT2D eigenvalue weighted by Crippen LogP contribution is -2.18. The first-order valence-corrected chi connectivity index (χ1v) is 4.61. The Morgan fingerprint density at radius 2 is 2.25 bits per heavy atom. The summed E-state index contributed by atoms with van der Waals surface area (Å²) in [6.45, 7) is 0. The average molecular weight is 220 g/mol. The van der Waals surface area contributed by atoms with Crippen LogP contribution in [-0.4, -0.2) is 27.7 Å². The van der Waals surface area contributed by atoms with Crippen LogP contribution in [0.4, 0.5) is 4.39 Å². The summed E-state index contributed by atoms with van der Waals surface area (Å²) in [4.78, 5) is 14.9. The normalized spacial score (nSPS) is 10.1. The summed E-state index contributed by atoms with van der Waals surface area (Å²) < 4.78 is 14.2. The van der Waals surface area contributed by atoms with Crippen molar-refractivity contribution < 1.29 is 9.18 Å². The molecule has 0 bridgehead atoms. The number of carbonyl (C=O) groups excluding carboxylic acids is 1. The molecule has 1 amide bonds. The SMILES string of the molecule is CNC(=O)c1ccn(-c2cccc(F)n2)n1. The Balaban J connectivity index is 2.35. The van der Waals surface area contributed by atoms with E-state index in [1.54, 1.807) is 12.3 Å². The van der Waals surface area contributed by atoms with Crippen molar-refractivity contribution in [3.8, 4) is 5.82 Å². The van der Waals surface area contributed by atoms with Gasteiger partial charge in [-0.25, -0.2) is 9.67 Å². The molecule has 1 N–H and O–H groups in total. The van der Waals surface area contributed by atoms with E-state index < -0.39 is 5.95 Å². The van der Waals surface area contributed by atoms with Crippen LogP contribution < -0.4 is 5.32 Å². The molecule has 0 fully saturated rings. The lowest BCUT2D eigenvalue weighted by Gasteiger charge is -1.99.